The van der Waals surface area contributed by atoms with E-state index < -0.39 is 5.97 Å². The molecule has 2 N–H and O–H groups in total. The standard InChI is InChI=1S/C21H18N2O3S/c1-12(13-7-9-14(10-8-13)21(25)26)22-19(24)18-11-16-15-5-3-4-6-17(15)23(2)20(16)27-18/h3-12H,1-2H3,(H,22,24)(H,25,26)/t12-/m1/s1. The van der Waals surface area contributed by atoms with Gasteiger partial charge in [-0.3, -0.25) is 4.79 Å². The van der Waals surface area contributed by atoms with Crippen molar-refractivity contribution in [3.05, 3.63) is 70.6 Å². The number of nitrogens with one attached hydrogen (secondary N) is 1. The van der Waals surface area contributed by atoms with Crippen LogP contribution in [0.15, 0.2) is 54.6 Å². The monoisotopic (exact) mass is 378 g/mol. The van der Waals surface area contributed by atoms with E-state index in [1.54, 1.807) is 24.3 Å². The maximum atomic E-state index is 12.7. The number of aryl methyl sites for hydroxylation is 1. The number of carbonyl (C=O) groups excluding carboxylic acids is 1. The molecule has 0 bridgehead atoms. The van der Waals surface area contributed by atoms with Gasteiger partial charge in [-0.1, -0.05) is 30.3 Å². The van der Waals surface area contributed by atoms with E-state index in [-0.39, 0.29) is 17.5 Å². The van der Waals surface area contributed by atoms with E-state index in [2.05, 4.69) is 22.0 Å². The van der Waals surface area contributed by atoms with E-state index >= 15 is 0 Å². The van der Waals surface area contributed by atoms with Gasteiger partial charge in [-0.2, -0.15) is 0 Å². The topological polar surface area (TPSA) is 71.3 Å². The molecule has 2 heterocycles. The van der Waals surface area contributed by atoms with E-state index in [1.165, 1.54) is 11.3 Å². The Morgan fingerprint density at radius 2 is 1.78 bits per heavy atom. The molecule has 0 aliphatic rings. The van der Waals surface area contributed by atoms with Crippen LogP contribution in [0.1, 0.15) is 38.6 Å². The molecule has 4 rings (SSSR count). The highest BCUT2D eigenvalue weighted by Crippen LogP contribution is 2.34. The molecule has 5 nitrogen and oxygen atoms in total. The van der Waals surface area contributed by atoms with Crippen LogP contribution in [0.25, 0.3) is 21.1 Å². The van der Waals surface area contributed by atoms with Crippen LogP contribution in [0.4, 0.5) is 0 Å². The highest BCUT2D eigenvalue weighted by molar-refractivity contribution is 7.20. The van der Waals surface area contributed by atoms with Gasteiger partial charge < -0.3 is 15.0 Å². The molecule has 0 spiro atoms. The van der Waals surface area contributed by atoms with Crippen LogP contribution < -0.4 is 5.32 Å². The Labute approximate surface area is 159 Å². The van der Waals surface area contributed by atoms with E-state index in [1.807, 2.05) is 32.2 Å². The molecule has 1 atom stereocenters. The third-order valence-electron chi connectivity index (χ3n) is 4.80. The molecule has 4 aromatic rings. The Morgan fingerprint density at radius 1 is 1.07 bits per heavy atom. The van der Waals surface area contributed by atoms with Crippen molar-refractivity contribution >= 4 is 44.3 Å². The molecule has 0 aliphatic heterocycles. The van der Waals surface area contributed by atoms with Crippen molar-refractivity contribution in [2.75, 3.05) is 0 Å². The Balaban J connectivity index is 1.59. The number of carboxylic acid groups (broad SMARTS) is 1. The molecular formula is C21H18N2O3S. The summed E-state index contributed by atoms with van der Waals surface area (Å²) in [5.74, 6) is -1.09. The first-order valence-electron chi connectivity index (χ1n) is 8.57. The van der Waals surface area contributed by atoms with E-state index in [4.69, 9.17) is 5.11 Å². The first-order valence-corrected chi connectivity index (χ1v) is 9.38. The van der Waals surface area contributed by atoms with Gasteiger partial charge in [0.05, 0.1) is 16.5 Å². The van der Waals surface area contributed by atoms with Gasteiger partial charge >= 0.3 is 5.97 Å². The molecule has 0 fully saturated rings. The molecule has 0 unspecified atom stereocenters. The lowest BCUT2D eigenvalue weighted by molar-refractivity contribution is 0.0696. The predicted octanol–water partition coefficient (Wildman–Crippen LogP) is 4.58. The SMILES string of the molecule is C[C@@H](NC(=O)c1cc2c3ccccc3n(C)c2s1)c1ccc(C(=O)O)cc1. The number of amides is 1. The summed E-state index contributed by atoms with van der Waals surface area (Å²) in [6.45, 7) is 1.89. The van der Waals surface area contributed by atoms with Crippen LogP contribution in [0.5, 0.6) is 0 Å². The van der Waals surface area contributed by atoms with Crippen LogP contribution in [0.3, 0.4) is 0 Å². The summed E-state index contributed by atoms with van der Waals surface area (Å²) >= 11 is 1.47. The molecule has 2 aromatic carbocycles. The zero-order valence-corrected chi connectivity index (χ0v) is 15.7. The molecule has 2 aromatic heterocycles. The first-order chi connectivity index (χ1) is 13.0. The summed E-state index contributed by atoms with van der Waals surface area (Å²) in [5, 5.41) is 14.2. The third-order valence-corrected chi connectivity index (χ3v) is 6.01. The number of benzene rings is 2. The van der Waals surface area contributed by atoms with Crippen molar-refractivity contribution in [2.45, 2.75) is 13.0 Å². The smallest absolute Gasteiger partial charge is 0.335 e. The molecular weight excluding hydrogens is 360 g/mol. The van der Waals surface area contributed by atoms with Crippen molar-refractivity contribution < 1.29 is 14.7 Å². The van der Waals surface area contributed by atoms with Crippen LogP contribution in [0.2, 0.25) is 0 Å². The number of nitrogens with zero attached hydrogens (tertiary/aromatic N) is 1. The quantitative estimate of drug-likeness (QED) is 0.546. The van der Waals surface area contributed by atoms with Crippen LogP contribution in [-0.4, -0.2) is 21.6 Å². The largest absolute Gasteiger partial charge is 0.478 e. The van der Waals surface area contributed by atoms with E-state index in [0.717, 1.165) is 26.7 Å². The van der Waals surface area contributed by atoms with Gasteiger partial charge in [-0.15, -0.1) is 11.3 Å². The summed E-state index contributed by atoms with van der Waals surface area (Å²) < 4.78 is 2.11. The fourth-order valence-corrected chi connectivity index (χ4v) is 4.35. The Kier molecular flexibility index (Phi) is 4.20. The van der Waals surface area contributed by atoms with Crippen LogP contribution in [0, 0.1) is 0 Å². The Bertz CT molecular complexity index is 1170. The molecule has 136 valence electrons. The lowest BCUT2D eigenvalue weighted by atomic mass is 10.1. The predicted molar refractivity (Wildman–Crippen MR) is 108 cm³/mol. The molecule has 0 radical (unpaired) electrons. The molecule has 0 aliphatic carbocycles. The number of fused-ring (bicyclic) bond motifs is 3. The fraction of sp³-hybridized carbons (Fsp3) is 0.143. The van der Waals surface area contributed by atoms with Gasteiger partial charge in [0.1, 0.15) is 4.83 Å². The van der Waals surface area contributed by atoms with Gasteiger partial charge in [0.15, 0.2) is 0 Å². The average molecular weight is 378 g/mol. The molecule has 1 amide bonds. The zero-order valence-electron chi connectivity index (χ0n) is 14.9. The van der Waals surface area contributed by atoms with Gasteiger partial charge in [-0.25, -0.2) is 4.79 Å². The lowest BCUT2D eigenvalue weighted by Gasteiger charge is -2.13. The average Bonchev–Trinajstić information content (AvgIpc) is 3.22. The van der Waals surface area contributed by atoms with Gasteiger partial charge in [0.2, 0.25) is 0 Å². The number of aromatic carboxylic acids is 1. The highest BCUT2D eigenvalue weighted by atomic mass is 32.1. The number of hydrogen-bond donors (Lipinski definition) is 2. The number of thiophene rings is 1. The van der Waals surface area contributed by atoms with E-state index in [0.29, 0.717) is 4.88 Å². The van der Waals surface area contributed by atoms with Crippen molar-refractivity contribution in [3.8, 4) is 0 Å². The lowest BCUT2D eigenvalue weighted by Crippen LogP contribution is -2.25. The molecule has 0 saturated carbocycles. The minimum absolute atomic E-state index is 0.130. The second-order valence-corrected chi connectivity index (χ2v) is 7.56. The van der Waals surface area contributed by atoms with Crippen molar-refractivity contribution in [1.82, 2.24) is 9.88 Å². The number of rotatable bonds is 4. The second kappa shape index (κ2) is 6.55. The second-order valence-electron chi connectivity index (χ2n) is 6.53. The Morgan fingerprint density at radius 3 is 2.48 bits per heavy atom. The number of carbonyl (C=O) groups is 2. The van der Waals surface area contributed by atoms with Gasteiger partial charge in [0.25, 0.3) is 5.91 Å². The van der Waals surface area contributed by atoms with Crippen molar-refractivity contribution in [2.24, 2.45) is 7.05 Å². The maximum absolute atomic E-state index is 12.7. The number of carboxylic acids is 1. The summed E-state index contributed by atoms with van der Waals surface area (Å²) in [6, 6.07) is 16.4. The number of hydrogen-bond acceptors (Lipinski definition) is 3. The molecule has 27 heavy (non-hydrogen) atoms. The third kappa shape index (κ3) is 2.98. The normalized spacial score (nSPS) is 12.4. The minimum Gasteiger partial charge on any atom is -0.478 e. The molecule has 6 heteroatoms. The van der Waals surface area contributed by atoms with Crippen molar-refractivity contribution in [3.63, 3.8) is 0 Å². The van der Waals surface area contributed by atoms with Gasteiger partial charge in [-0.05, 0) is 36.8 Å². The summed E-state index contributed by atoms with van der Waals surface area (Å²) in [6.07, 6.45) is 0. The van der Waals surface area contributed by atoms with Crippen LogP contribution in [-0.2, 0) is 7.05 Å². The number of aromatic nitrogens is 1. The summed E-state index contributed by atoms with van der Waals surface area (Å²) in [5.41, 5.74) is 2.24. The van der Waals surface area contributed by atoms with Crippen LogP contribution >= 0.6 is 11.3 Å². The summed E-state index contributed by atoms with van der Waals surface area (Å²) in [7, 11) is 2.01. The fourth-order valence-electron chi connectivity index (χ4n) is 3.30. The maximum Gasteiger partial charge on any atom is 0.335 e. The first kappa shape index (κ1) is 17.3. The van der Waals surface area contributed by atoms with E-state index in [9.17, 15) is 9.59 Å². The Hall–Kier alpha value is -3.12. The molecule has 0 saturated heterocycles. The number of para-hydroxylation sites is 1. The van der Waals surface area contributed by atoms with Gasteiger partial charge in [0, 0.05) is 23.3 Å². The zero-order chi connectivity index (χ0) is 19.1. The van der Waals surface area contributed by atoms with Crippen molar-refractivity contribution in [1.29, 1.82) is 0 Å². The minimum atomic E-state index is -0.962. The summed E-state index contributed by atoms with van der Waals surface area (Å²) in [4.78, 5) is 25.4. The highest BCUT2D eigenvalue weighted by Gasteiger charge is 2.18.